The lowest BCUT2D eigenvalue weighted by Crippen LogP contribution is -2.17. The van der Waals surface area contributed by atoms with Gasteiger partial charge in [-0.05, 0) is 56.7 Å². The molecule has 0 aliphatic heterocycles. The summed E-state index contributed by atoms with van der Waals surface area (Å²) in [6, 6.07) is 14.3. The third-order valence-corrected chi connectivity index (χ3v) is 3.31. The van der Waals surface area contributed by atoms with Crippen molar-refractivity contribution in [2.45, 2.75) is 20.8 Å². The fourth-order valence-corrected chi connectivity index (χ4v) is 2.27. The summed E-state index contributed by atoms with van der Waals surface area (Å²) in [5, 5.41) is 0. The molecule has 0 saturated carbocycles. The van der Waals surface area contributed by atoms with Crippen LogP contribution in [0.2, 0.25) is 0 Å². The summed E-state index contributed by atoms with van der Waals surface area (Å²) < 4.78 is 0. The average molecular weight is 253 g/mol. The Balaban J connectivity index is 2.41. The van der Waals surface area contributed by atoms with Gasteiger partial charge in [0, 0.05) is 23.5 Å². The van der Waals surface area contributed by atoms with Crippen molar-refractivity contribution >= 4 is 17.7 Å². The Morgan fingerprint density at radius 3 is 2.26 bits per heavy atom. The highest BCUT2D eigenvalue weighted by molar-refractivity contribution is 5.78. The Labute approximate surface area is 114 Å². The molecule has 0 radical (unpaired) electrons. The maximum Gasteiger partial charge on any atom is 0.150 e. The van der Waals surface area contributed by atoms with Crippen molar-refractivity contribution in [2.75, 3.05) is 11.4 Å². The highest BCUT2D eigenvalue weighted by atomic mass is 16.1. The van der Waals surface area contributed by atoms with Crippen LogP contribution in [0.4, 0.5) is 11.4 Å². The van der Waals surface area contributed by atoms with E-state index in [1.807, 2.05) is 25.1 Å². The first-order valence-corrected chi connectivity index (χ1v) is 6.55. The summed E-state index contributed by atoms with van der Waals surface area (Å²) in [6.45, 7) is 7.15. The minimum Gasteiger partial charge on any atom is -0.342 e. The molecular formula is C17H19NO. The predicted octanol–water partition coefficient (Wildman–Crippen LogP) is 4.27. The van der Waals surface area contributed by atoms with Gasteiger partial charge in [0.05, 0.1) is 0 Å². The molecule has 0 saturated heterocycles. The lowest BCUT2D eigenvalue weighted by atomic mass is 10.1. The minimum absolute atomic E-state index is 0.723. The van der Waals surface area contributed by atoms with Crippen molar-refractivity contribution in [3.05, 3.63) is 59.2 Å². The van der Waals surface area contributed by atoms with E-state index in [2.05, 4.69) is 43.0 Å². The van der Waals surface area contributed by atoms with Crippen LogP contribution in [0.15, 0.2) is 42.5 Å². The highest BCUT2D eigenvalue weighted by Crippen LogP contribution is 2.28. The SMILES string of the molecule is CCN(c1ccc(C)cc1)c1ccc(C=O)cc1C. The number of hydrogen-bond acceptors (Lipinski definition) is 2. The van der Waals surface area contributed by atoms with Crippen molar-refractivity contribution in [2.24, 2.45) is 0 Å². The van der Waals surface area contributed by atoms with Gasteiger partial charge in [0.25, 0.3) is 0 Å². The second-order valence-corrected chi connectivity index (χ2v) is 4.74. The number of aryl methyl sites for hydroxylation is 2. The molecule has 0 N–H and O–H groups in total. The maximum absolute atomic E-state index is 10.8. The van der Waals surface area contributed by atoms with Crippen LogP contribution < -0.4 is 4.90 Å². The Kier molecular flexibility index (Phi) is 4.00. The normalized spacial score (nSPS) is 10.3. The molecule has 0 atom stereocenters. The zero-order valence-corrected chi connectivity index (χ0v) is 11.7. The molecule has 2 nitrogen and oxygen atoms in total. The molecule has 0 amide bonds. The molecule has 98 valence electrons. The molecule has 2 aromatic rings. The third kappa shape index (κ3) is 2.84. The lowest BCUT2D eigenvalue weighted by molar-refractivity contribution is 0.112. The summed E-state index contributed by atoms with van der Waals surface area (Å²) in [6.07, 6.45) is 0.888. The number of carbonyl (C=O) groups excluding carboxylic acids is 1. The first-order chi connectivity index (χ1) is 9.15. The molecular weight excluding hydrogens is 234 g/mol. The molecule has 0 spiro atoms. The summed E-state index contributed by atoms with van der Waals surface area (Å²) in [4.78, 5) is 13.1. The average Bonchev–Trinajstić information content (AvgIpc) is 2.43. The second-order valence-electron chi connectivity index (χ2n) is 4.74. The van der Waals surface area contributed by atoms with Crippen molar-refractivity contribution in [3.8, 4) is 0 Å². The van der Waals surface area contributed by atoms with Crippen LogP contribution in [0.3, 0.4) is 0 Å². The Morgan fingerprint density at radius 2 is 1.74 bits per heavy atom. The third-order valence-electron chi connectivity index (χ3n) is 3.31. The van der Waals surface area contributed by atoms with E-state index in [1.54, 1.807) is 0 Å². The zero-order valence-electron chi connectivity index (χ0n) is 11.7. The summed E-state index contributed by atoms with van der Waals surface area (Å²) in [5.74, 6) is 0. The first-order valence-electron chi connectivity index (χ1n) is 6.55. The zero-order chi connectivity index (χ0) is 13.8. The fraction of sp³-hybridized carbons (Fsp3) is 0.235. The van der Waals surface area contributed by atoms with E-state index in [0.717, 1.165) is 29.6 Å². The standard InChI is InChI=1S/C17H19NO/c1-4-18(16-8-5-13(2)6-9-16)17-10-7-15(12-19)11-14(17)3/h5-12H,4H2,1-3H3. The predicted molar refractivity (Wildman–Crippen MR) is 80.4 cm³/mol. The van der Waals surface area contributed by atoms with Crippen LogP contribution in [0.25, 0.3) is 0 Å². The monoisotopic (exact) mass is 253 g/mol. The van der Waals surface area contributed by atoms with E-state index in [9.17, 15) is 4.79 Å². The largest absolute Gasteiger partial charge is 0.342 e. The number of nitrogens with zero attached hydrogens (tertiary/aromatic N) is 1. The van der Waals surface area contributed by atoms with Crippen LogP contribution in [-0.4, -0.2) is 12.8 Å². The van der Waals surface area contributed by atoms with E-state index in [0.29, 0.717) is 0 Å². The molecule has 2 rings (SSSR count). The molecule has 2 heteroatoms. The van der Waals surface area contributed by atoms with Gasteiger partial charge in [0.1, 0.15) is 6.29 Å². The number of anilines is 2. The Morgan fingerprint density at radius 1 is 1.05 bits per heavy atom. The van der Waals surface area contributed by atoms with Crippen molar-refractivity contribution in [3.63, 3.8) is 0 Å². The van der Waals surface area contributed by atoms with E-state index >= 15 is 0 Å². The van der Waals surface area contributed by atoms with Crippen LogP contribution in [0.1, 0.15) is 28.4 Å². The second kappa shape index (κ2) is 5.70. The van der Waals surface area contributed by atoms with Crippen LogP contribution in [-0.2, 0) is 0 Å². The van der Waals surface area contributed by atoms with Crippen LogP contribution in [0, 0.1) is 13.8 Å². The van der Waals surface area contributed by atoms with Gasteiger partial charge < -0.3 is 4.90 Å². The number of carbonyl (C=O) groups is 1. The van der Waals surface area contributed by atoms with Gasteiger partial charge in [0.15, 0.2) is 0 Å². The fourth-order valence-electron chi connectivity index (χ4n) is 2.27. The van der Waals surface area contributed by atoms with E-state index in [1.165, 1.54) is 11.3 Å². The number of hydrogen-bond donors (Lipinski definition) is 0. The van der Waals surface area contributed by atoms with Crippen molar-refractivity contribution in [1.82, 2.24) is 0 Å². The molecule has 2 aromatic carbocycles. The quantitative estimate of drug-likeness (QED) is 0.758. The van der Waals surface area contributed by atoms with Gasteiger partial charge in [0.2, 0.25) is 0 Å². The molecule has 0 bridgehead atoms. The van der Waals surface area contributed by atoms with Gasteiger partial charge >= 0.3 is 0 Å². The molecule has 0 aliphatic carbocycles. The number of rotatable bonds is 4. The molecule has 0 aromatic heterocycles. The topological polar surface area (TPSA) is 20.3 Å². The Bertz CT molecular complexity index is 572. The molecule has 0 unspecified atom stereocenters. The lowest BCUT2D eigenvalue weighted by Gasteiger charge is -2.25. The van der Waals surface area contributed by atoms with Crippen molar-refractivity contribution in [1.29, 1.82) is 0 Å². The molecule has 0 fully saturated rings. The smallest absolute Gasteiger partial charge is 0.150 e. The summed E-state index contributed by atoms with van der Waals surface area (Å²) >= 11 is 0. The Hall–Kier alpha value is -2.09. The molecule has 0 aliphatic rings. The van der Waals surface area contributed by atoms with E-state index in [4.69, 9.17) is 0 Å². The van der Waals surface area contributed by atoms with Crippen LogP contribution in [0.5, 0.6) is 0 Å². The van der Waals surface area contributed by atoms with Gasteiger partial charge in [-0.2, -0.15) is 0 Å². The number of aldehydes is 1. The molecule has 19 heavy (non-hydrogen) atoms. The highest BCUT2D eigenvalue weighted by Gasteiger charge is 2.10. The van der Waals surface area contributed by atoms with Crippen molar-refractivity contribution < 1.29 is 4.79 Å². The number of benzene rings is 2. The van der Waals surface area contributed by atoms with Gasteiger partial charge in [-0.15, -0.1) is 0 Å². The van der Waals surface area contributed by atoms with Crippen LogP contribution >= 0.6 is 0 Å². The maximum atomic E-state index is 10.8. The van der Waals surface area contributed by atoms with Gasteiger partial charge in [-0.3, -0.25) is 4.79 Å². The van der Waals surface area contributed by atoms with Gasteiger partial charge in [-0.25, -0.2) is 0 Å². The first kappa shape index (κ1) is 13.3. The molecule has 0 heterocycles. The summed E-state index contributed by atoms with van der Waals surface area (Å²) in [5.41, 5.74) is 5.42. The van der Waals surface area contributed by atoms with Gasteiger partial charge in [-0.1, -0.05) is 17.7 Å². The van der Waals surface area contributed by atoms with E-state index in [-0.39, 0.29) is 0 Å². The summed E-state index contributed by atoms with van der Waals surface area (Å²) in [7, 11) is 0. The van der Waals surface area contributed by atoms with E-state index < -0.39 is 0 Å². The minimum atomic E-state index is 0.723.